The lowest BCUT2D eigenvalue weighted by molar-refractivity contribution is 0.817. The van der Waals surface area contributed by atoms with Crippen molar-refractivity contribution in [2.75, 3.05) is 0 Å². The third-order valence-corrected chi connectivity index (χ3v) is 6.06. The SMILES string of the molecule is Cc1c(Cc2nn(-c3ccccc3)c(C)c2C)nc(-c2ccccc2)c(C)c1C. The molecule has 2 aromatic carbocycles. The van der Waals surface area contributed by atoms with E-state index in [2.05, 4.69) is 71.0 Å². The van der Waals surface area contributed by atoms with Gasteiger partial charge >= 0.3 is 0 Å². The maximum absolute atomic E-state index is 5.10. The third kappa shape index (κ3) is 3.49. The fourth-order valence-electron chi connectivity index (χ4n) is 3.81. The Morgan fingerprint density at radius 1 is 0.655 bits per heavy atom. The number of hydrogen-bond acceptors (Lipinski definition) is 2. The highest BCUT2D eigenvalue weighted by Crippen LogP contribution is 2.29. The lowest BCUT2D eigenvalue weighted by Crippen LogP contribution is -2.05. The van der Waals surface area contributed by atoms with Crippen molar-refractivity contribution in [3.05, 3.63) is 100.0 Å². The standard InChI is InChI=1S/C26H27N3/c1-17-18(2)24(27-26(19(17)3)22-12-8-6-9-13-22)16-25-20(4)21(5)29(28-25)23-14-10-7-11-15-23/h6-15H,16H2,1-5H3. The fraction of sp³-hybridized carbons (Fsp3) is 0.231. The lowest BCUT2D eigenvalue weighted by atomic mass is 9.96. The smallest absolute Gasteiger partial charge is 0.0737 e. The van der Waals surface area contributed by atoms with E-state index in [1.807, 2.05) is 28.9 Å². The zero-order valence-electron chi connectivity index (χ0n) is 17.8. The normalized spacial score (nSPS) is 11.1. The minimum atomic E-state index is 0.735. The second kappa shape index (κ2) is 7.67. The lowest BCUT2D eigenvalue weighted by Gasteiger charge is -2.15. The van der Waals surface area contributed by atoms with Crippen LogP contribution in [-0.2, 0) is 6.42 Å². The van der Waals surface area contributed by atoms with Gasteiger partial charge in [0, 0.05) is 17.7 Å². The summed E-state index contributed by atoms with van der Waals surface area (Å²) >= 11 is 0. The summed E-state index contributed by atoms with van der Waals surface area (Å²) in [6.45, 7) is 10.8. The van der Waals surface area contributed by atoms with Crippen molar-refractivity contribution in [3.8, 4) is 16.9 Å². The van der Waals surface area contributed by atoms with E-state index in [1.165, 1.54) is 27.9 Å². The van der Waals surface area contributed by atoms with Gasteiger partial charge in [-0.25, -0.2) is 4.68 Å². The number of nitrogens with zero attached hydrogens (tertiary/aromatic N) is 3. The molecule has 0 aliphatic carbocycles. The minimum Gasteiger partial charge on any atom is -0.252 e. The quantitative estimate of drug-likeness (QED) is 0.430. The predicted molar refractivity (Wildman–Crippen MR) is 120 cm³/mol. The highest BCUT2D eigenvalue weighted by Gasteiger charge is 2.17. The summed E-state index contributed by atoms with van der Waals surface area (Å²) < 4.78 is 2.04. The van der Waals surface area contributed by atoms with Crippen LogP contribution in [0.3, 0.4) is 0 Å². The van der Waals surface area contributed by atoms with Gasteiger partial charge in [-0.05, 0) is 69.0 Å². The monoisotopic (exact) mass is 381 g/mol. The number of para-hydroxylation sites is 1. The Morgan fingerprint density at radius 3 is 1.93 bits per heavy atom. The zero-order valence-corrected chi connectivity index (χ0v) is 17.8. The maximum Gasteiger partial charge on any atom is 0.0737 e. The molecule has 3 heteroatoms. The topological polar surface area (TPSA) is 30.7 Å². The molecule has 0 N–H and O–H groups in total. The molecule has 0 radical (unpaired) electrons. The van der Waals surface area contributed by atoms with Gasteiger partial charge in [-0.3, -0.25) is 4.98 Å². The molecular formula is C26H27N3. The van der Waals surface area contributed by atoms with E-state index >= 15 is 0 Å². The molecule has 0 aliphatic heterocycles. The van der Waals surface area contributed by atoms with Crippen molar-refractivity contribution in [2.24, 2.45) is 0 Å². The van der Waals surface area contributed by atoms with Crippen molar-refractivity contribution >= 4 is 0 Å². The number of benzene rings is 2. The van der Waals surface area contributed by atoms with Gasteiger partial charge in [0.05, 0.1) is 22.8 Å². The summed E-state index contributed by atoms with van der Waals surface area (Å²) in [6, 6.07) is 20.8. The molecular weight excluding hydrogens is 354 g/mol. The summed E-state index contributed by atoms with van der Waals surface area (Å²) in [5.41, 5.74) is 11.7. The molecule has 0 atom stereocenters. The molecule has 146 valence electrons. The number of aromatic nitrogens is 3. The molecule has 29 heavy (non-hydrogen) atoms. The van der Waals surface area contributed by atoms with Crippen LogP contribution in [0.4, 0.5) is 0 Å². The van der Waals surface area contributed by atoms with Crippen LogP contribution in [0, 0.1) is 34.6 Å². The van der Waals surface area contributed by atoms with E-state index in [9.17, 15) is 0 Å². The van der Waals surface area contributed by atoms with E-state index in [0.29, 0.717) is 0 Å². The van der Waals surface area contributed by atoms with Crippen molar-refractivity contribution in [1.29, 1.82) is 0 Å². The predicted octanol–water partition coefficient (Wildman–Crippen LogP) is 6.07. The second-order valence-corrected chi connectivity index (χ2v) is 7.73. The number of hydrogen-bond donors (Lipinski definition) is 0. The molecule has 0 aliphatic rings. The van der Waals surface area contributed by atoms with Crippen molar-refractivity contribution in [1.82, 2.24) is 14.8 Å². The van der Waals surface area contributed by atoms with Gasteiger partial charge in [0.1, 0.15) is 0 Å². The van der Waals surface area contributed by atoms with Gasteiger partial charge in [-0.2, -0.15) is 5.10 Å². The number of rotatable bonds is 4. The van der Waals surface area contributed by atoms with Crippen LogP contribution < -0.4 is 0 Å². The Kier molecular flexibility index (Phi) is 5.06. The fourth-order valence-corrected chi connectivity index (χ4v) is 3.81. The van der Waals surface area contributed by atoms with Crippen molar-refractivity contribution in [2.45, 2.75) is 41.0 Å². The van der Waals surface area contributed by atoms with E-state index in [0.717, 1.165) is 34.8 Å². The van der Waals surface area contributed by atoms with Crippen LogP contribution in [0.15, 0.2) is 60.7 Å². The van der Waals surface area contributed by atoms with Crippen molar-refractivity contribution in [3.63, 3.8) is 0 Å². The van der Waals surface area contributed by atoms with Crippen LogP contribution in [0.2, 0.25) is 0 Å². The van der Waals surface area contributed by atoms with Crippen molar-refractivity contribution < 1.29 is 0 Å². The Bertz CT molecular complexity index is 1160. The molecule has 4 aromatic rings. The third-order valence-electron chi connectivity index (χ3n) is 6.06. The highest BCUT2D eigenvalue weighted by molar-refractivity contribution is 5.65. The average molecular weight is 382 g/mol. The van der Waals surface area contributed by atoms with Gasteiger partial charge in [-0.15, -0.1) is 0 Å². The molecule has 3 nitrogen and oxygen atoms in total. The first kappa shape index (κ1) is 19.1. The van der Waals surface area contributed by atoms with Gasteiger partial charge in [0.2, 0.25) is 0 Å². The highest BCUT2D eigenvalue weighted by atomic mass is 15.3. The first-order valence-corrected chi connectivity index (χ1v) is 10.1. The van der Waals surface area contributed by atoms with E-state index in [1.54, 1.807) is 0 Å². The Labute approximate surface area is 173 Å². The van der Waals surface area contributed by atoms with Crippen LogP contribution in [0.25, 0.3) is 16.9 Å². The van der Waals surface area contributed by atoms with Crippen LogP contribution in [0.1, 0.15) is 39.3 Å². The largest absolute Gasteiger partial charge is 0.252 e. The molecule has 0 saturated heterocycles. The number of pyridine rings is 1. The summed E-state index contributed by atoms with van der Waals surface area (Å²) in [6.07, 6.45) is 0.735. The zero-order chi connectivity index (χ0) is 20.5. The Hall–Kier alpha value is -3.20. The average Bonchev–Trinajstić information content (AvgIpc) is 3.04. The summed E-state index contributed by atoms with van der Waals surface area (Å²) in [7, 11) is 0. The van der Waals surface area contributed by atoms with Crippen LogP contribution >= 0.6 is 0 Å². The van der Waals surface area contributed by atoms with Gasteiger partial charge < -0.3 is 0 Å². The van der Waals surface area contributed by atoms with Gasteiger partial charge in [0.25, 0.3) is 0 Å². The molecule has 2 aromatic heterocycles. The maximum atomic E-state index is 5.10. The Morgan fingerprint density at radius 2 is 1.28 bits per heavy atom. The van der Waals surface area contributed by atoms with E-state index in [4.69, 9.17) is 10.1 Å². The Balaban J connectivity index is 1.79. The van der Waals surface area contributed by atoms with E-state index < -0.39 is 0 Å². The molecule has 0 spiro atoms. The first-order valence-electron chi connectivity index (χ1n) is 10.1. The molecule has 0 saturated carbocycles. The summed E-state index contributed by atoms with van der Waals surface area (Å²) in [5, 5.41) is 4.95. The molecule has 0 bridgehead atoms. The summed E-state index contributed by atoms with van der Waals surface area (Å²) in [4.78, 5) is 5.10. The van der Waals surface area contributed by atoms with E-state index in [-0.39, 0.29) is 0 Å². The molecule has 0 fully saturated rings. The minimum absolute atomic E-state index is 0.735. The molecule has 4 rings (SSSR count). The second-order valence-electron chi connectivity index (χ2n) is 7.73. The molecule has 0 unspecified atom stereocenters. The molecule has 0 amide bonds. The van der Waals surface area contributed by atoms with Gasteiger partial charge in [-0.1, -0.05) is 48.5 Å². The van der Waals surface area contributed by atoms with Gasteiger partial charge in [0.15, 0.2) is 0 Å². The summed E-state index contributed by atoms with van der Waals surface area (Å²) in [5.74, 6) is 0. The van der Waals surface area contributed by atoms with Crippen LogP contribution in [-0.4, -0.2) is 14.8 Å². The van der Waals surface area contributed by atoms with Crippen LogP contribution in [0.5, 0.6) is 0 Å². The first-order chi connectivity index (χ1) is 14.0. The molecule has 2 heterocycles.